The van der Waals surface area contributed by atoms with Crippen LogP contribution in [-0.4, -0.2) is 20.9 Å². The summed E-state index contributed by atoms with van der Waals surface area (Å²) in [6.07, 6.45) is -1.40. The number of hydrogen-bond acceptors (Lipinski definition) is 6. The first-order chi connectivity index (χ1) is 15.3. The van der Waals surface area contributed by atoms with E-state index in [0.717, 1.165) is 17.8 Å². The number of aryl methyl sites for hydroxylation is 1. The monoisotopic (exact) mass is 455 g/mol. The molecule has 2 aromatic heterocycles. The highest BCUT2D eigenvalue weighted by Crippen LogP contribution is 2.35. The molecule has 0 atom stereocenters. The minimum atomic E-state index is -4.44. The van der Waals surface area contributed by atoms with Crippen LogP contribution in [0, 0.1) is 6.92 Å². The van der Waals surface area contributed by atoms with Crippen molar-refractivity contribution in [3.8, 4) is 11.3 Å². The van der Waals surface area contributed by atoms with Gasteiger partial charge in [0.05, 0.1) is 11.3 Å². The van der Waals surface area contributed by atoms with Crippen molar-refractivity contribution in [3.63, 3.8) is 0 Å². The maximum Gasteiger partial charge on any atom is 0.416 e. The van der Waals surface area contributed by atoms with E-state index in [0.29, 0.717) is 32.6 Å². The quantitative estimate of drug-likeness (QED) is 0.390. The minimum Gasteiger partial charge on any atom is -0.340 e. The third-order valence-electron chi connectivity index (χ3n) is 4.48. The summed E-state index contributed by atoms with van der Waals surface area (Å²) < 4.78 is 39.0. The molecule has 0 aliphatic rings. The van der Waals surface area contributed by atoms with Crippen LogP contribution >= 0.6 is 11.3 Å². The van der Waals surface area contributed by atoms with Gasteiger partial charge in [-0.1, -0.05) is 12.1 Å². The Bertz CT molecular complexity index is 1240. The molecule has 0 saturated heterocycles. The zero-order valence-corrected chi connectivity index (χ0v) is 17.5. The van der Waals surface area contributed by atoms with Gasteiger partial charge in [0.15, 0.2) is 5.13 Å². The van der Waals surface area contributed by atoms with Crippen molar-refractivity contribution >= 4 is 33.9 Å². The number of nitrogens with one attached hydrogen (secondary N) is 2. The summed E-state index contributed by atoms with van der Waals surface area (Å²) in [6, 6.07) is 13.4. The molecular weight excluding hydrogens is 439 g/mol. The second kappa shape index (κ2) is 8.75. The van der Waals surface area contributed by atoms with Crippen LogP contribution in [0.25, 0.3) is 11.3 Å². The summed E-state index contributed by atoms with van der Waals surface area (Å²) >= 11 is 1.20. The standard InChI is InChI=1S/C22H16F3N5OS/c1-13-19(15-3-2-4-16(11-15)22(23,24)25)29-21(32-13)30-20(31)14-5-7-17(8-6-14)28-18-9-10-26-12-27-18/h2-12H,1H3,(H,26,27,28)(H,29,30,31). The normalized spacial score (nSPS) is 11.2. The van der Waals surface area contributed by atoms with E-state index in [1.807, 2.05) is 0 Å². The number of hydrogen-bond donors (Lipinski definition) is 2. The average molecular weight is 455 g/mol. The number of anilines is 3. The number of rotatable bonds is 5. The topological polar surface area (TPSA) is 79.8 Å². The first kappa shape index (κ1) is 21.4. The lowest BCUT2D eigenvalue weighted by Crippen LogP contribution is -2.11. The molecule has 6 nitrogen and oxygen atoms in total. The van der Waals surface area contributed by atoms with Gasteiger partial charge in [0.1, 0.15) is 12.1 Å². The zero-order chi connectivity index (χ0) is 22.7. The molecule has 0 saturated carbocycles. The van der Waals surface area contributed by atoms with E-state index >= 15 is 0 Å². The Balaban J connectivity index is 1.48. The largest absolute Gasteiger partial charge is 0.416 e. The number of halogens is 3. The van der Waals surface area contributed by atoms with Gasteiger partial charge in [0.2, 0.25) is 0 Å². The van der Waals surface area contributed by atoms with E-state index in [2.05, 4.69) is 25.6 Å². The Morgan fingerprint density at radius 3 is 2.53 bits per heavy atom. The summed E-state index contributed by atoms with van der Waals surface area (Å²) in [4.78, 5) is 25.5. The van der Waals surface area contributed by atoms with E-state index < -0.39 is 11.7 Å². The molecule has 2 N–H and O–H groups in total. The molecule has 4 aromatic rings. The Kier molecular flexibility index (Phi) is 5.87. The van der Waals surface area contributed by atoms with Crippen LogP contribution in [-0.2, 0) is 6.18 Å². The number of amides is 1. The molecule has 32 heavy (non-hydrogen) atoms. The van der Waals surface area contributed by atoms with Crippen LogP contribution in [0.1, 0.15) is 20.8 Å². The Labute approximate surface area is 185 Å². The summed E-state index contributed by atoms with van der Waals surface area (Å²) in [7, 11) is 0. The van der Waals surface area contributed by atoms with Crippen molar-refractivity contribution in [3.05, 3.63) is 83.1 Å². The van der Waals surface area contributed by atoms with E-state index in [9.17, 15) is 18.0 Å². The van der Waals surface area contributed by atoms with Gasteiger partial charge in [0, 0.05) is 27.9 Å². The van der Waals surface area contributed by atoms with E-state index in [-0.39, 0.29) is 5.91 Å². The lowest BCUT2D eigenvalue weighted by atomic mass is 10.1. The SMILES string of the molecule is Cc1sc(NC(=O)c2ccc(Nc3ccncn3)cc2)nc1-c1cccc(C(F)(F)F)c1. The maximum atomic E-state index is 13.0. The number of carbonyl (C=O) groups is 1. The first-order valence-electron chi connectivity index (χ1n) is 9.39. The molecule has 4 rings (SSSR count). The smallest absolute Gasteiger partial charge is 0.340 e. The molecule has 0 bridgehead atoms. The number of nitrogens with zero attached hydrogens (tertiary/aromatic N) is 3. The number of alkyl halides is 3. The Hall–Kier alpha value is -3.79. The van der Waals surface area contributed by atoms with Crippen molar-refractivity contribution in [2.75, 3.05) is 10.6 Å². The van der Waals surface area contributed by atoms with E-state index in [1.54, 1.807) is 49.5 Å². The predicted molar refractivity (Wildman–Crippen MR) is 117 cm³/mol. The summed E-state index contributed by atoms with van der Waals surface area (Å²) in [5.41, 5.74) is 1.16. The fourth-order valence-corrected chi connectivity index (χ4v) is 3.78. The average Bonchev–Trinajstić information content (AvgIpc) is 3.14. The van der Waals surface area contributed by atoms with Crippen molar-refractivity contribution in [1.29, 1.82) is 0 Å². The molecule has 10 heteroatoms. The van der Waals surface area contributed by atoms with Gasteiger partial charge in [-0.25, -0.2) is 15.0 Å². The highest BCUT2D eigenvalue weighted by molar-refractivity contribution is 7.16. The first-order valence-corrected chi connectivity index (χ1v) is 10.2. The fraction of sp³-hybridized carbons (Fsp3) is 0.0909. The third kappa shape index (κ3) is 4.92. The highest BCUT2D eigenvalue weighted by atomic mass is 32.1. The van der Waals surface area contributed by atoms with Crippen molar-refractivity contribution in [1.82, 2.24) is 15.0 Å². The van der Waals surface area contributed by atoms with Crippen LogP contribution in [0.3, 0.4) is 0 Å². The van der Waals surface area contributed by atoms with Crippen molar-refractivity contribution in [2.24, 2.45) is 0 Å². The van der Waals surface area contributed by atoms with Gasteiger partial charge >= 0.3 is 6.18 Å². The van der Waals surface area contributed by atoms with Gasteiger partial charge < -0.3 is 5.32 Å². The molecule has 0 radical (unpaired) electrons. The summed E-state index contributed by atoms with van der Waals surface area (Å²) in [5, 5.41) is 6.11. The van der Waals surface area contributed by atoms with Gasteiger partial charge in [-0.15, -0.1) is 11.3 Å². The summed E-state index contributed by atoms with van der Waals surface area (Å²) in [5.74, 6) is 0.250. The van der Waals surface area contributed by atoms with Gasteiger partial charge in [0.25, 0.3) is 5.91 Å². The van der Waals surface area contributed by atoms with Crippen molar-refractivity contribution in [2.45, 2.75) is 13.1 Å². The van der Waals surface area contributed by atoms with E-state index in [1.165, 1.54) is 23.7 Å². The second-order valence-electron chi connectivity index (χ2n) is 6.75. The lowest BCUT2D eigenvalue weighted by molar-refractivity contribution is -0.137. The zero-order valence-electron chi connectivity index (χ0n) is 16.6. The molecule has 0 aliphatic heterocycles. The van der Waals surface area contributed by atoms with Crippen molar-refractivity contribution < 1.29 is 18.0 Å². The highest BCUT2D eigenvalue weighted by Gasteiger charge is 2.30. The Morgan fingerprint density at radius 2 is 1.84 bits per heavy atom. The molecule has 0 fully saturated rings. The maximum absolute atomic E-state index is 13.0. The molecule has 0 spiro atoms. The number of aromatic nitrogens is 3. The summed E-state index contributed by atoms with van der Waals surface area (Å²) in [6.45, 7) is 1.75. The van der Waals surface area contributed by atoms with Gasteiger partial charge in [-0.2, -0.15) is 13.2 Å². The molecular formula is C22H16F3N5OS. The van der Waals surface area contributed by atoms with Gasteiger partial charge in [-0.3, -0.25) is 10.1 Å². The minimum absolute atomic E-state index is 0.308. The van der Waals surface area contributed by atoms with Crippen LogP contribution < -0.4 is 10.6 Å². The molecule has 0 unspecified atom stereocenters. The number of benzene rings is 2. The van der Waals surface area contributed by atoms with Crippen LogP contribution in [0.5, 0.6) is 0 Å². The number of carbonyl (C=O) groups excluding carboxylic acids is 1. The molecule has 162 valence electrons. The third-order valence-corrected chi connectivity index (χ3v) is 5.37. The lowest BCUT2D eigenvalue weighted by Gasteiger charge is -2.08. The van der Waals surface area contributed by atoms with E-state index in [4.69, 9.17) is 0 Å². The van der Waals surface area contributed by atoms with Crippen LogP contribution in [0.4, 0.5) is 29.8 Å². The molecule has 1 amide bonds. The predicted octanol–water partition coefficient (Wildman–Crippen LogP) is 5.92. The van der Waals surface area contributed by atoms with Gasteiger partial charge in [-0.05, 0) is 49.4 Å². The molecule has 2 heterocycles. The second-order valence-corrected chi connectivity index (χ2v) is 7.96. The van der Waals surface area contributed by atoms with Crippen LogP contribution in [0.2, 0.25) is 0 Å². The number of thiazole rings is 1. The molecule has 2 aromatic carbocycles. The fourth-order valence-electron chi connectivity index (χ4n) is 2.95. The Morgan fingerprint density at radius 1 is 1.06 bits per heavy atom. The molecule has 0 aliphatic carbocycles. The van der Waals surface area contributed by atoms with Crippen LogP contribution in [0.15, 0.2) is 67.1 Å².